The highest BCUT2D eigenvalue weighted by atomic mass is 16.2. The fraction of sp³-hybridized carbons (Fsp3) is 0.500. The van der Waals surface area contributed by atoms with Crippen LogP contribution >= 0.6 is 0 Å². The Morgan fingerprint density at radius 2 is 2.41 bits per heavy atom. The van der Waals surface area contributed by atoms with Gasteiger partial charge in [-0.15, -0.1) is 0 Å². The van der Waals surface area contributed by atoms with E-state index in [1.807, 2.05) is 37.2 Å². The van der Waals surface area contributed by atoms with Gasteiger partial charge in [0.15, 0.2) is 0 Å². The summed E-state index contributed by atoms with van der Waals surface area (Å²) in [5, 5.41) is 0. The minimum atomic E-state index is 0.0387. The van der Waals surface area contributed by atoms with E-state index in [1.165, 1.54) is 0 Å². The summed E-state index contributed by atoms with van der Waals surface area (Å²) in [4.78, 5) is 19.7. The minimum Gasteiger partial charge on any atom is -0.328 e. The van der Waals surface area contributed by atoms with Crippen molar-refractivity contribution < 1.29 is 4.79 Å². The Hall–Kier alpha value is -1.62. The van der Waals surface area contributed by atoms with Crippen LogP contribution in [-0.4, -0.2) is 47.0 Å². The van der Waals surface area contributed by atoms with E-state index in [0.29, 0.717) is 13.1 Å². The average molecular weight is 234 g/mol. The monoisotopic (exact) mass is 234 g/mol. The quantitative estimate of drug-likeness (QED) is 0.843. The zero-order valence-corrected chi connectivity index (χ0v) is 10.2. The highest BCUT2D eigenvalue weighted by Crippen LogP contribution is 2.28. The molecule has 1 aliphatic rings. The van der Waals surface area contributed by atoms with E-state index in [9.17, 15) is 4.79 Å². The van der Waals surface area contributed by atoms with Crippen LogP contribution in [0.25, 0.3) is 0 Å². The normalized spacial score (nSPS) is 22.1. The summed E-state index contributed by atoms with van der Waals surface area (Å²) in [7, 11) is 1.82. The number of amides is 2. The highest BCUT2D eigenvalue weighted by Gasteiger charge is 2.37. The lowest BCUT2D eigenvalue weighted by Gasteiger charge is -2.21. The van der Waals surface area contributed by atoms with Gasteiger partial charge in [0.2, 0.25) is 0 Å². The van der Waals surface area contributed by atoms with Gasteiger partial charge in [0, 0.05) is 38.6 Å². The van der Waals surface area contributed by atoms with E-state index in [4.69, 9.17) is 5.73 Å². The molecule has 0 bridgehead atoms. The summed E-state index contributed by atoms with van der Waals surface area (Å²) >= 11 is 0. The van der Waals surface area contributed by atoms with Crippen LogP contribution in [0.2, 0.25) is 0 Å². The lowest BCUT2D eigenvalue weighted by molar-refractivity contribution is 0.185. The largest absolute Gasteiger partial charge is 0.328 e. The molecule has 0 aliphatic carbocycles. The van der Waals surface area contributed by atoms with Crippen molar-refractivity contribution in [2.75, 3.05) is 20.1 Å². The number of likely N-dealkylation sites (N-methyl/N-ethyl adjacent to an activating group) is 1. The number of urea groups is 1. The number of nitrogens with zero attached hydrogens (tertiary/aromatic N) is 3. The first-order valence-corrected chi connectivity index (χ1v) is 5.78. The number of rotatable bonds is 3. The maximum absolute atomic E-state index is 12.1. The SMILES string of the molecule is CC(CN)N1CC(c2cccnc2)N(C)C1=O. The molecule has 1 fully saturated rings. The Bertz CT molecular complexity index is 395. The number of hydrogen-bond acceptors (Lipinski definition) is 3. The Balaban J connectivity index is 2.20. The number of carbonyl (C=O) groups is 1. The molecule has 1 saturated heterocycles. The van der Waals surface area contributed by atoms with E-state index in [0.717, 1.165) is 5.56 Å². The van der Waals surface area contributed by atoms with E-state index < -0.39 is 0 Å². The second-order valence-corrected chi connectivity index (χ2v) is 4.43. The van der Waals surface area contributed by atoms with Crippen LogP contribution in [0.5, 0.6) is 0 Å². The number of pyridine rings is 1. The number of nitrogens with two attached hydrogens (primary N) is 1. The van der Waals surface area contributed by atoms with Gasteiger partial charge in [0.1, 0.15) is 0 Å². The molecular weight excluding hydrogens is 216 g/mol. The third kappa shape index (κ3) is 2.10. The Morgan fingerprint density at radius 1 is 1.65 bits per heavy atom. The Kier molecular flexibility index (Phi) is 3.28. The molecule has 17 heavy (non-hydrogen) atoms. The van der Waals surface area contributed by atoms with Gasteiger partial charge in [-0.1, -0.05) is 6.07 Å². The predicted octanol–water partition coefficient (Wildman–Crippen LogP) is 0.837. The first kappa shape index (κ1) is 11.9. The van der Waals surface area contributed by atoms with E-state index >= 15 is 0 Å². The molecule has 5 heteroatoms. The zero-order valence-electron chi connectivity index (χ0n) is 10.2. The topological polar surface area (TPSA) is 62.5 Å². The van der Waals surface area contributed by atoms with Crippen LogP contribution in [0.1, 0.15) is 18.5 Å². The molecule has 2 rings (SSSR count). The summed E-state index contributed by atoms with van der Waals surface area (Å²) in [6.07, 6.45) is 3.55. The predicted molar refractivity (Wildman–Crippen MR) is 65.4 cm³/mol. The van der Waals surface area contributed by atoms with Gasteiger partial charge < -0.3 is 15.5 Å². The van der Waals surface area contributed by atoms with Crippen molar-refractivity contribution in [1.82, 2.24) is 14.8 Å². The molecule has 2 heterocycles. The van der Waals surface area contributed by atoms with Crippen LogP contribution in [0.15, 0.2) is 24.5 Å². The molecule has 0 saturated carbocycles. The fourth-order valence-corrected chi connectivity index (χ4v) is 2.12. The van der Waals surface area contributed by atoms with Crippen molar-refractivity contribution in [3.8, 4) is 0 Å². The summed E-state index contributed by atoms with van der Waals surface area (Å²) < 4.78 is 0. The number of hydrogen-bond donors (Lipinski definition) is 1. The first-order valence-electron chi connectivity index (χ1n) is 5.78. The third-order valence-corrected chi connectivity index (χ3v) is 3.33. The van der Waals surface area contributed by atoms with Crippen LogP contribution < -0.4 is 5.73 Å². The summed E-state index contributed by atoms with van der Waals surface area (Å²) in [6, 6.07) is 4.08. The van der Waals surface area contributed by atoms with Crippen molar-refractivity contribution >= 4 is 6.03 Å². The molecule has 5 nitrogen and oxygen atoms in total. The molecule has 0 spiro atoms. The Labute approximate surface area is 101 Å². The van der Waals surface area contributed by atoms with Crippen LogP contribution in [0, 0.1) is 0 Å². The van der Waals surface area contributed by atoms with Gasteiger partial charge in [-0.3, -0.25) is 4.98 Å². The summed E-state index contributed by atoms with van der Waals surface area (Å²) in [5.74, 6) is 0. The molecule has 0 radical (unpaired) electrons. The standard InChI is InChI=1S/C12H18N4O/c1-9(6-13)16-8-11(15(2)12(16)17)10-4-3-5-14-7-10/h3-5,7,9,11H,6,8,13H2,1-2H3. The van der Waals surface area contributed by atoms with Crippen molar-refractivity contribution in [2.24, 2.45) is 5.73 Å². The molecule has 1 aromatic heterocycles. The number of carbonyl (C=O) groups excluding carboxylic acids is 1. The van der Waals surface area contributed by atoms with Crippen molar-refractivity contribution in [1.29, 1.82) is 0 Å². The van der Waals surface area contributed by atoms with Crippen molar-refractivity contribution in [2.45, 2.75) is 19.0 Å². The summed E-state index contributed by atoms with van der Waals surface area (Å²) in [5.41, 5.74) is 6.68. The van der Waals surface area contributed by atoms with Gasteiger partial charge in [0.05, 0.1) is 6.04 Å². The second-order valence-electron chi connectivity index (χ2n) is 4.43. The van der Waals surface area contributed by atoms with Gasteiger partial charge in [-0.2, -0.15) is 0 Å². The van der Waals surface area contributed by atoms with Gasteiger partial charge in [-0.25, -0.2) is 4.79 Å². The van der Waals surface area contributed by atoms with E-state index in [-0.39, 0.29) is 18.1 Å². The average Bonchev–Trinajstić information content (AvgIpc) is 2.67. The second kappa shape index (κ2) is 4.71. The van der Waals surface area contributed by atoms with Gasteiger partial charge in [0.25, 0.3) is 0 Å². The first-order chi connectivity index (χ1) is 8.15. The summed E-state index contributed by atoms with van der Waals surface area (Å²) in [6.45, 7) is 3.14. The van der Waals surface area contributed by atoms with E-state index in [2.05, 4.69) is 4.98 Å². The fourth-order valence-electron chi connectivity index (χ4n) is 2.12. The number of aromatic nitrogens is 1. The molecule has 2 unspecified atom stereocenters. The molecule has 1 aliphatic heterocycles. The molecule has 1 aromatic rings. The van der Waals surface area contributed by atoms with E-state index in [1.54, 1.807) is 11.1 Å². The lowest BCUT2D eigenvalue weighted by Crippen LogP contribution is -2.40. The van der Waals surface area contributed by atoms with Crippen molar-refractivity contribution in [3.63, 3.8) is 0 Å². The minimum absolute atomic E-state index is 0.0387. The van der Waals surface area contributed by atoms with Gasteiger partial charge in [-0.05, 0) is 18.6 Å². The molecule has 0 aromatic carbocycles. The maximum atomic E-state index is 12.1. The van der Waals surface area contributed by atoms with Crippen LogP contribution in [0.3, 0.4) is 0 Å². The zero-order chi connectivity index (χ0) is 12.4. The van der Waals surface area contributed by atoms with Crippen LogP contribution in [-0.2, 0) is 0 Å². The molecule has 2 N–H and O–H groups in total. The molecular formula is C12H18N4O. The van der Waals surface area contributed by atoms with Gasteiger partial charge >= 0.3 is 6.03 Å². The molecule has 92 valence electrons. The molecule has 2 atom stereocenters. The smallest absolute Gasteiger partial charge is 0.320 e. The maximum Gasteiger partial charge on any atom is 0.320 e. The lowest BCUT2D eigenvalue weighted by atomic mass is 10.1. The molecule has 2 amide bonds. The Morgan fingerprint density at radius 3 is 3.00 bits per heavy atom. The third-order valence-electron chi connectivity index (χ3n) is 3.33. The highest BCUT2D eigenvalue weighted by molar-refractivity contribution is 5.77. The van der Waals surface area contributed by atoms with Crippen LogP contribution in [0.4, 0.5) is 4.79 Å². The van der Waals surface area contributed by atoms with Crippen molar-refractivity contribution in [3.05, 3.63) is 30.1 Å².